The van der Waals surface area contributed by atoms with E-state index in [1.165, 1.54) is 0 Å². The lowest BCUT2D eigenvalue weighted by Crippen LogP contribution is -2.01. The van der Waals surface area contributed by atoms with E-state index >= 15 is 0 Å². The third kappa shape index (κ3) is 5.26. The number of pyridine rings is 1. The van der Waals surface area contributed by atoms with Crippen LogP contribution in [-0.4, -0.2) is 42.8 Å². The molecule has 0 aliphatic carbocycles. The minimum Gasteiger partial charge on any atom is -0.331 e. The highest BCUT2D eigenvalue weighted by molar-refractivity contribution is 7.85. The first-order chi connectivity index (χ1) is 16.6. The van der Waals surface area contributed by atoms with Gasteiger partial charge in [-0.25, -0.2) is 9.97 Å². The van der Waals surface area contributed by atoms with Gasteiger partial charge in [0.1, 0.15) is 11.6 Å². The molecule has 1 N–H and O–H groups in total. The van der Waals surface area contributed by atoms with E-state index in [2.05, 4.69) is 68.6 Å². The minimum atomic E-state index is -3.67. The molecule has 5 aromatic rings. The van der Waals surface area contributed by atoms with E-state index in [0.29, 0.717) is 6.42 Å². The molecule has 5 rings (SSSR count). The molecule has 0 aliphatic rings. The van der Waals surface area contributed by atoms with E-state index in [1.807, 2.05) is 33.2 Å². The fourth-order valence-electron chi connectivity index (χ4n) is 3.99. The van der Waals surface area contributed by atoms with Gasteiger partial charge in [0.05, 0.1) is 27.8 Å². The highest BCUT2D eigenvalue weighted by Gasteiger charge is 2.12. The number of hydrogen-bond acceptors (Lipinski definition) is 5. The van der Waals surface area contributed by atoms with E-state index in [1.54, 1.807) is 6.92 Å². The maximum absolute atomic E-state index is 9.79. The molecule has 0 bridgehead atoms. The molecule has 8 nitrogen and oxygen atoms in total. The van der Waals surface area contributed by atoms with Crippen molar-refractivity contribution in [3.8, 4) is 22.5 Å². The Morgan fingerprint density at radius 2 is 1.51 bits per heavy atom. The van der Waals surface area contributed by atoms with Crippen LogP contribution in [0.4, 0.5) is 0 Å². The second-order valence-corrected chi connectivity index (χ2v) is 10.2. The maximum Gasteiger partial charge on any atom is 0.264 e. The van der Waals surface area contributed by atoms with Crippen molar-refractivity contribution in [3.63, 3.8) is 0 Å². The summed E-state index contributed by atoms with van der Waals surface area (Å²) < 4.78 is 31.8. The molecule has 0 aliphatic heterocycles. The van der Waals surface area contributed by atoms with Gasteiger partial charge in [-0.05, 0) is 67.8 Å². The fourth-order valence-corrected chi connectivity index (χ4v) is 4.50. The van der Waals surface area contributed by atoms with Crippen molar-refractivity contribution in [2.75, 3.05) is 5.75 Å². The summed E-state index contributed by atoms with van der Waals surface area (Å²) >= 11 is 0. The highest BCUT2D eigenvalue weighted by atomic mass is 32.2. The summed E-state index contributed by atoms with van der Waals surface area (Å²) in [6.45, 7) is 5.71. The molecule has 3 aromatic heterocycles. The number of hydrogen-bond donors (Lipinski definition) is 1. The summed E-state index contributed by atoms with van der Waals surface area (Å²) in [5.74, 6) is 1.81. The SMILES string of the molecule is CCCS(=O)(=O)O.Cc1ccc(-c2nc3ccc(-c4ccc5c(c4)nc(C)n5C)cc3n2C)cn1. The zero-order chi connectivity index (χ0) is 25.3. The lowest BCUT2D eigenvalue weighted by Gasteiger charge is -2.05. The number of aromatic nitrogens is 5. The quantitative estimate of drug-likeness (QED) is 0.351. The van der Waals surface area contributed by atoms with Crippen LogP contribution < -0.4 is 0 Å². The van der Waals surface area contributed by atoms with Gasteiger partial charge in [0.2, 0.25) is 0 Å². The number of aryl methyl sites for hydroxylation is 4. The highest BCUT2D eigenvalue weighted by Crippen LogP contribution is 2.29. The molecular weight excluding hydrogens is 462 g/mol. The van der Waals surface area contributed by atoms with Crippen molar-refractivity contribution >= 4 is 32.2 Å². The van der Waals surface area contributed by atoms with Crippen molar-refractivity contribution < 1.29 is 13.0 Å². The molecule has 0 amide bonds. The zero-order valence-electron chi connectivity index (χ0n) is 20.5. The maximum atomic E-state index is 9.79. The first-order valence-corrected chi connectivity index (χ1v) is 13.0. The summed E-state index contributed by atoms with van der Waals surface area (Å²) in [4.78, 5) is 13.9. The zero-order valence-corrected chi connectivity index (χ0v) is 21.3. The standard InChI is InChI=1S/C23H21N5.C3H8O3S/c1-14-5-6-18(13-24-14)23-26-19-9-7-17(12-22(19)28(23)4)16-8-10-21-20(11-16)25-15(2)27(21)3;1-2-3-7(4,5)6/h5-13H,1-4H3;2-3H2,1H3,(H,4,5,6). The third-order valence-electron chi connectivity index (χ3n) is 5.95. The van der Waals surface area contributed by atoms with Gasteiger partial charge in [0, 0.05) is 31.5 Å². The first kappa shape index (κ1) is 24.6. The largest absolute Gasteiger partial charge is 0.331 e. The van der Waals surface area contributed by atoms with E-state index in [4.69, 9.17) is 9.54 Å². The number of fused-ring (bicyclic) bond motifs is 2. The Hall–Kier alpha value is -3.56. The predicted octanol–water partition coefficient (Wildman–Crippen LogP) is 5.09. The van der Waals surface area contributed by atoms with Crippen LogP contribution in [0.15, 0.2) is 54.7 Å². The van der Waals surface area contributed by atoms with Crippen LogP contribution in [0.25, 0.3) is 44.6 Å². The van der Waals surface area contributed by atoms with Crippen molar-refractivity contribution in [2.24, 2.45) is 14.1 Å². The van der Waals surface area contributed by atoms with Crippen molar-refractivity contribution in [3.05, 3.63) is 66.2 Å². The molecule has 0 saturated heterocycles. The Bertz CT molecular complexity index is 1620. The van der Waals surface area contributed by atoms with Crippen molar-refractivity contribution in [1.29, 1.82) is 0 Å². The average Bonchev–Trinajstić information content (AvgIpc) is 3.29. The lowest BCUT2D eigenvalue weighted by atomic mass is 10.0. The molecule has 35 heavy (non-hydrogen) atoms. The Morgan fingerprint density at radius 1 is 0.829 bits per heavy atom. The molecule has 0 fully saturated rings. The van der Waals surface area contributed by atoms with Gasteiger partial charge in [-0.1, -0.05) is 19.1 Å². The van der Waals surface area contributed by atoms with Gasteiger partial charge in [0.15, 0.2) is 0 Å². The normalized spacial score (nSPS) is 11.6. The molecule has 182 valence electrons. The Morgan fingerprint density at radius 3 is 2.14 bits per heavy atom. The molecule has 0 radical (unpaired) electrons. The number of benzene rings is 2. The molecule has 0 unspecified atom stereocenters. The van der Waals surface area contributed by atoms with Crippen molar-refractivity contribution in [2.45, 2.75) is 27.2 Å². The second-order valence-electron chi connectivity index (χ2n) is 8.59. The van der Waals surface area contributed by atoms with Crippen LogP contribution in [0.5, 0.6) is 0 Å². The van der Waals surface area contributed by atoms with E-state index < -0.39 is 10.1 Å². The molecular formula is C26H29N5O3S. The van der Waals surface area contributed by atoms with Crippen LogP contribution in [0.2, 0.25) is 0 Å². The van der Waals surface area contributed by atoms with E-state index in [9.17, 15) is 8.42 Å². The summed E-state index contributed by atoms with van der Waals surface area (Å²) in [6.07, 6.45) is 2.35. The Labute approximate surface area is 205 Å². The summed E-state index contributed by atoms with van der Waals surface area (Å²) in [5, 5.41) is 0. The molecule has 2 aromatic carbocycles. The van der Waals surface area contributed by atoms with Crippen LogP contribution in [0.3, 0.4) is 0 Å². The molecule has 9 heteroatoms. The van der Waals surface area contributed by atoms with Gasteiger partial charge < -0.3 is 9.13 Å². The lowest BCUT2D eigenvalue weighted by molar-refractivity contribution is 0.482. The Kier molecular flexibility index (Phi) is 6.73. The van der Waals surface area contributed by atoms with E-state index in [0.717, 1.165) is 56.1 Å². The van der Waals surface area contributed by atoms with Gasteiger partial charge in [-0.3, -0.25) is 9.54 Å². The van der Waals surface area contributed by atoms with Gasteiger partial charge in [-0.15, -0.1) is 0 Å². The monoisotopic (exact) mass is 491 g/mol. The van der Waals surface area contributed by atoms with Gasteiger partial charge in [0.25, 0.3) is 10.1 Å². The fraction of sp³-hybridized carbons (Fsp3) is 0.269. The van der Waals surface area contributed by atoms with Crippen LogP contribution >= 0.6 is 0 Å². The topological polar surface area (TPSA) is 103 Å². The van der Waals surface area contributed by atoms with Gasteiger partial charge >= 0.3 is 0 Å². The van der Waals surface area contributed by atoms with Crippen LogP contribution in [0.1, 0.15) is 24.9 Å². The minimum absolute atomic E-state index is 0.132. The first-order valence-electron chi connectivity index (χ1n) is 11.4. The third-order valence-corrected chi connectivity index (χ3v) is 6.87. The molecule has 3 heterocycles. The number of nitrogens with zero attached hydrogens (tertiary/aromatic N) is 5. The van der Waals surface area contributed by atoms with Crippen LogP contribution in [0, 0.1) is 13.8 Å². The van der Waals surface area contributed by atoms with Gasteiger partial charge in [-0.2, -0.15) is 8.42 Å². The number of rotatable bonds is 4. The van der Waals surface area contributed by atoms with Crippen LogP contribution in [-0.2, 0) is 24.2 Å². The Balaban J connectivity index is 0.000000364. The summed E-state index contributed by atoms with van der Waals surface area (Å²) in [5.41, 5.74) is 8.61. The average molecular weight is 492 g/mol. The second kappa shape index (κ2) is 9.59. The van der Waals surface area contributed by atoms with Crippen molar-refractivity contribution in [1.82, 2.24) is 24.1 Å². The van der Waals surface area contributed by atoms with E-state index in [-0.39, 0.29) is 5.75 Å². The summed E-state index contributed by atoms with van der Waals surface area (Å²) in [7, 11) is 0.430. The molecule has 0 spiro atoms. The smallest absolute Gasteiger partial charge is 0.264 e. The predicted molar refractivity (Wildman–Crippen MR) is 140 cm³/mol. The molecule has 0 atom stereocenters. The number of imidazole rings is 2. The summed E-state index contributed by atoms with van der Waals surface area (Å²) in [6, 6.07) is 17.0. The molecule has 0 saturated carbocycles.